The summed E-state index contributed by atoms with van der Waals surface area (Å²) in [6, 6.07) is 1.93. The summed E-state index contributed by atoms with van der Waals surface area (Å²) in [4.78, 5) is 0. The molecule has 2 aromatic heterocycles. The summed E-state index contributed by atoms with van der Waals surface area (Å²) in [5, 5.41) is 10.9. The molecule has 0 unspecified atom stereocenters. The zero-order valence-electron chi connectivity index (χ0n) is 6.86. The molecule has 2 rings (SSSR count). The molecule has 0 fully saturated rings. The van der Waals surface area contributed by atoms with E-state index in [2.05, 4.69) is 22.2 Å². The van der Waals surface area contributed by atoms with Crippen LogP contribution >= 0.6 is 0 Å². The number of nitrogens with zero attached hydrogens (tertiary/aromatic N) is 3. The van der Waals surface area contributed by atoms with Gasteiger partial charge in [0.25, 0.3) is 0 Å². The first-order valence-corrected chi connectivity index (χ1v) is 3.92. The van der Waals surface area contributed by atoms with Crippen LogP contribution < -0.4 is 0 Å². The zero-order chi connectivity index (χ0) is 8.39. The van der Waals surface area contributed by atoms with E-state index in [0.29, 0.717) is 0 Å². The van der Waals surface area contributed by atoms with Crippen LogP contribution in [0.1, 0.15) is 6.92 Å². The molecule has 0 aliphatic heterocycles. The average molecular weight is 162 g/mol. The van der Waals surface area contributed by atoms with Crippen LogP contribution in [0.25, 0.3) is 11.3 Å². The van der Waals surface area contributed by atoms with E-state index < -0.39 is 0 Å². The number of aromatic nitrogens is 4. The molecule has 0 amide bonds. The minimum atomic E-state index is 0.897. The predicted octanol–water partition coefficient (Wildman–Crippen LogP) is 1.29. The van der Waals surface area contributed by atoms with Gasteiger partial charge < -0.3 is 0 Å². The zero-order valence-corrected chi connectivity index (χ0v) is 6.86. The third-order valence-electron chi connectivity index (χ3n) is 1.77. The molecule has 0 saturated heterocycles. The lowest BCUT2D eigenvalue weighted by molar-refractivity contribution is 0.660. The molecule has 0 bridgehead atoms. The van der Waals surface area contributed by atoms with Gasteiger partial charge in [0.1, 0.15) is 0 Å². The van der Waals surface area contributed by atoms with Gasteiger partial charge in [0.2, 0.25) is 0 Å². The van der Waals surface area contributed by atoms with E-state index in [1.165, 1.54) is 0 Å². The average Bonchev–Trinajstić information content (AvgIpc) is 2.75. The first-order valence-electron chi connectivity index (χ1n) is 3.92. The number of hydrogen-bond donors (Lipinski definition) is 1. The van der Waals surface area contributed by atoms with Crippen molar-refractivity contribution in [2.75, 3.05) is 0 Å². The van der Waals surface area contributed by atoms with Crippen molar-refractivity contribution in [2.24, 2.45) is 0 Å². The maximum absolute atomic E-state index is 4.16. The highest BCUT2D eigenvalue weighted by molar-refractivity contribution is 5.55. The normalized spacial score (nSPS) is 10.4. The van der Waals surface area contributed by atoms with E-state index >= 15 is 0 Å². The quantitative estimate of drug-likeness (QED) is 0.723. The molecule has 4 nitrogen and oxygen atoms in total. The molecule has 1 N–H and O–H groups in total. The lowest BCUT2D eigenvalue weighted by Crippen LogP contribution is -1.91. The number of aromatic amines is 1. The molecule has 2 heterocycles. The summed E-state index contributed by atoms with van der Waals surface area (Å²) in [5.74, 6) is 0. The summed E-state index contributed by atoms with van der Waals surface area (Å²) < 4.78 is 1.89. The Balaban J connectivity index is 2.35. The van der Waals surface area contributed by atoms with Crippen molar-refractivity contribution in [2.45, 2.75) is 13.5 Å². The third kappa shape index (κ3) is 1.11. The molecule has 0 aliphatic rings. The van der Waals surface area contributed by atoms with Crippen LogP contribution in [0.4, 0.5) is 0 Å². The third-order valence-corrected chi connectivity index (χ3v) is 1.77. The smallest absolute Gasteiger partial charge is 0.0681 e. The molecule has 0 aromatic carbocycles. The fraction of sp³-hybridized carbons (Fsp3) is 0.250. The van der Waals surface area contributed by atoms with Crippen LogP contribution in [-0.2, 0) is 6.54 Å². The molecule has 0 radical (unpaired) electrons. The van der Waals surface area contributed by atoms with E-state index in [-0.39, 0.29) is 0 Å². The Hall–Kier alpha value is -1.58. The molecule has 0 spiro atoms. The van der Waals surface area contributed by atoms with Gasteiger partial charge >= 0.3 is 0 Å². The molecular weight excluding hydrogens is 152 g/mol. The van der Waals surface area contributed by atoms with E-state index in [1.54, 1.807) is 6.20 Å². The van der Waals surface area contributed by atoms with Crippen molar-refractivity contribution in [3.05, 3.63) is 24.7 Å². The van der Waals surface area contributed by atoms with Gasteiger partial charge in [-0.15, -0.1) is 0 Å². The Morgan fingerprint density at radius 3 is 3.08 bits per heavy atom. The van der Waals surface area contributed by atoms with Crippen molar-refractivity contribution in [3.63, 3.8) is 0 Å². The van der Waals surface area contributed by atoms with E-state index in [9.17, 15) is 0 Å². The number of rotatable bonds is 2. The Labute approximate surface area is 70.2 Å². The molecule has 0 saturated carbocycles. The number of H-pyrrole nitrogens is 1. The van der Waals surface area contributed by atoms with Crippen LogP contribution in [-0.4, -0.2) is 20.0 Å². The van der Waals surface area contributed by atoms with Gasteiger partial charge in [-0.1, -0.05) is 0 Å². The second-order valence-corrected chi connectivity index (χ2v) is 2.56. The van der Waals surface area contributed by atoms with Gasteiger partial charge in [0, 0.05) is 24.5 Å². The first-order chi connectivity index (χ1) is 5.90. The molecule has 62 valence electrons. The first kappa shape index (κ1) is 7.09. The number of aryl methyl sites for hydroxylation is 1. The maximum atomic E-state index is 4.16. The largest absolute Gasteiger partial charge is 0.278 e. The van der Waals surface area contributed by atoms with Crippen LogP contribution in [0.3, 0.4) is 0 Å². The Kier molecular flexibility index (Phi) is 1.66. The van der Waals surface area contributed by atoms with E-state index in [4.69, 9.17) is 0 Å². The van der Waals surface area contributed by atoms with Crippen molar-refractivity contribution >= 4 is 0 Å². The summed E-state index contributed by atoms with van der Waals surface area (Å²) in [7, 11) is 0. The summed E-state index contributed by atoms with van der Waals surface area (Å²) in [5.41, 5.74) is 2.09. The second kappa shape index (κ2) is 2.81. The van der Waals surface area contributed by atoms with E-state index in [1.807, 2.05) is 23.1 Å². The van der Waals surface area contributed by atoms with Crippen molar-refractivity contribution < 1.29 is 0 Å². The topological polar surface area (TPSA) is 46.5 Å². The minimum Gasteiger partial charge on any atom is -0.278 e. The highest BCUT2D eigenvalue weighted by Crippen LogP contribution is 2.13. The maximum Gasteiger partial charge on any atom is 0.0681 e. The highest BCUT2D eigenvalue weighted by Gasteiger charge is 2.00. The van der Waals surface area contributed by atoms with Gasteiger partial charge in [-0.25, -0.2) is 0 Å². The monoisotopic (exact) mass is 162 g/mol. The fourth-order valence-electron chi connectivity index (χ4n) is 1.09. The minimum absolute atomic E-state index is 0.897. The Bertz CT molecular complexity index is 347. The summed E-state index contributed by atoms with van der Waals surface area (Å²) in [6.45, 7) is 2.96. The van der Waals surface area contributed by atoms with Crippen molar-refractivity contribution in [1.82, 2.24) is 20.0 Å². The van der Waals surface area contributed by atoms with Crippen molar-refractivity contribution in [3.8, 4) is 11.3 Å². The molecule has 2 aromatic rings. The Morgan fingerprint density at radius 2 is 2.50 bits per heavy atom. The lowest BCUT2D eigenvalue weighted by Gasteiger charge is -1.90. The van der Waals surface area contributed by atoms with Crippen molar-refractivity contribution in [1.29, 1.82) is 0 Å². The predicted molar refractivity (Wildman–Crippen MR) is 45.5 cm³/mol. The summed E-state index contributed by atoms with van der Waals surface area (Å²) in [6.07, 6.45) is 5.56. The van der Waals surface area contributed by atoms with Crippen LogP contribution in [0, 0.1) is 0 Å². The SMILES string of the molecule is CCn1cc(-c2ccn[nH]2)cn1. The van der Waals surface area contributed by atoms with E-state index in [0.717, 1.165) is 17.8 Å². The number of nitrogens with one attached hydrogen (secondary N) is 1. The van der Waals surface area contributed by atoms with Gasteiger partial charge in [0.05, 0.1) is 11.9 Å². The van der Waals surface area contributed by atoms with Crippen LogP contribution in [0.15, 0.2) is 24.7 Å². The van der Waals surface area contributed by atoms with Gasteiger partial charge in [-0.05, 0) is 13.0 Å². The standard InChI is InChI=1S/C8H10N4/c1-2-12-6-7(5-10-12)8-3-4-9-11-8/h3-6H,2H2,1H3,(H,9,11). The van der Waals surface area contributed by atoms with Gasteiger partial charge in [-0.2, -0.15) is 10.2 Å². The number of hydrogen-bond acceptors (Lipinski definition) is 2. The van der Waals surface area contributed by atoms with Gasteiger partial charge in [-0.3, -0.25) is 9.78 Å². The molecule has 4 heteroatoms. The molecule has 0 atom stereocenters. The molecular formula is C8H10N4. The summed E-state index contributed by atoms with van der Waals surface area (Å²) >= 11 is 0. The van der Waals surface area contributed by atoms with Crippen LogP contribution in [0.2, 0.25) is 0 Å². The second-order valence-electron chi connectivity index (χ2n) is 2.56. The lowest BCUT2D eigenvalue weighted by atomic mass is 10.3. The fourth-order valence-corrected chi connectivity index (χ4v) is 1.09. The highest BCUT2D eigenvalue weighted by atomic mass is 15.3. The molecule has 12 heavy (non-hydrogen) atoms. The van der Waals surface area contributed by atoms with Gasteiger partial charge in [0.15, 0.2) is 0 Å². The molecule has 0 aliphatic carbocycles. The Morgan fingerprint density at radius 1 is 1.58 bits per heavy atom. The van der Waals surface area contributed by atoms with Crippen LogP contribution in [0.5, 0.6) is 0 Å².